The highest BCUT2D eigenvalue weighted by atomic mass is 79.9. The summed E-state index contributed by atoms with van der Waals surface area (Å²) >= 11 is 3.52. The first-order valence-electron chi connectivity index (χ1n) is 16.7. The Balaban J connectivity index is 0.000000174. The van der Waals surface area contributed by atoms with E-state index in [9.17, 15) is 14.4 Å². The van der Waals surface area contributed by atoms with Crippen LogP contribution in [-0.2, 0) is 28.7 Å². The molecule has 262 valence electrons. The van der Waals surface area contributed by atoms with E-state index < -0.39 is 12.7 Å². The molecule has 6 rings (SSSR count). The monoisotopic (exact) mass is 741 g/mol. The number of amides is 1. The number of hydrogen-bond acceptors (Lipinski definition) is 7. The third-order valence-corrected chi connectivity index (χ3v) is 9.66. The Morgan fingerprint density at radius 1 is 0.800 bits per heavy atom. The number of ketones is 1. The van der Waals surface area contributed by atoms with E-state index in [1.807, 2.05) is 57.2 Å². The lowest BCUT2D eigenvalue weighted by molar-refractivity contribution is 0.0579. The lowest BCUT2D eigenvalue weighted by Crippen LogP contribution is -2.35. The van der Waals surface area contributed by atoms with E-state index in [1.54, 1.807) is 17.0 Å². The largest absolute Gasteiger partial charge is 0.488 e. The molecule has 1 heterocycles. The van der Waals surface area contributed by atoms with Crippen LogP contribution in [0.25, 0.3) is 11.1 Å². The van der Waals surface area contributed by atoms with Crippen LogP contribution in [0.4, 0.5) is 10.5 Å². The molecule has 0 atom stereocenters. The summed E-state index contributed by atoms with van der Waals surface area (Å²) in [7, 11) is -0.0630. The van der Waals surface area contributed by atoms with Gasteiger partial charge in [-0.1, -0.05) is 64.5 Å². The van der Waals surface area contributed by atoms with Crippen LogP contribution in [0.2, 0.25) is 0 Å². The molecule has 0 fully saturated rings. The topological polar surface area (TPSA) is 113 Å². The molecule has 2 aliphatic rings. The van der Waals surface area contributed by atoms with Gasteiger partial charge in [0.25, 0.3) is 0 Å². The molecule has 1 aliphatic carbocycles. The number of carbonyl (C=O) groups excluding carboxylic acids is 3. The first-order chi connectivity index (χ1) is 23.6. The Kier molecular flexibility index (Phi) is 12.8. The van der Waals surface area contributed by atoms with Crippen LogP contribution in [0.3, 0.4) is 0 Å². The molecule has 0 bridgehead atoms. The summed E-state index contributed by atoms with van der Waals surface area (Å²) < 4.78 is 11.2. The van der Waals surface area contributed by atoms with Crippen LogP contribution >= 0.6 is 15.9 Å². The number of ether oxygens (including phenoxy) is 2. The maximum Gasteiger partial charge on any atom is 0.488 e. The Morgan fingerprint density at radius 2 is 1.44 bits per heavy atom. The van der Waals surface area contributed by atoms with Crippen molar-refractivity contribution in [1.82, 2.24) is 0 Å². The zero-order valence-electron chi connectivity index (χ0n) is 29.8. The number of nitrogens with zero attached hydrogens (tertiary/aromatic N) is 1. The Bertz CT molecular complexity index is 1850. The molecule has 10 heteroatoms. The molecule has 4 aromatic carbocycles. The van der Waals surface area contributed by atoms with Crippen molar-refractivity contribution >= 4 is 52.0 Å². The molecular weight excluding hydrogens is 697 g/mol. The number of aryl methyl sites for hydroxylation is 1. The molecule has 1 amide bonds. The Labute approximate surface area is 303 Å². The van der Waals surface area contributed by atoms with Gasteiger partial charge in [0, 0.05) is 16.6 Å². The van der Waals surface area contributed by atoms with E-state index in [0.29, 0.717) is 23.1 Å². The third kappa shape index (κ3) is 9.50. The quantitative estimate of drug-likeness (QED) is 0.126. The highest BCUT2D eigenvalue weighted by molar-refractivity contribution is 9.10. The Morgan fingerprint density at radius 3 is 2.02 bits per heavy atom. The molecule has 0 radical (unpaired) electrons. The van der Waals surface area contributed by atoms with Crippen LogP contribution in [-0.4, -0.2) is 54.3 Å². The molecule has 0 saturated carbocycles. The molecule has 2 N–H and O–H groups in total. The average molecular weight is 743 g/mol. The molecule has 0 spiro atoms. The van der Waals surface area contributed by atoms with Crippen molar-refractivity contribution in [3.63, 3.8) is 0 Å². The number of rotatable bonds is 4. The third-order valence-electron chi connectivity index (χ3n) is 8.80. The summed E-state index contributed by atoms with van der Waals surface area (Å²) in [6, 6.07) is 22.2. The summed E-state index contributed by atoms with van der Waals surface area (Å²) in [5, 5.41) is 17.4. The highest BCUT2D eigenvalue weighted by Gasteiger charge is 2.30. The van der Waals surface area contributed by atoms with Crippen LogP contribution < -0.4 is 10.4 Å². The molecule has 0 aromatic heterocycles. The molecule has 1 aliphatic heterocycles. The Hall–Kier alpha value is -4.25. The van der Waals surface area contributed by atoms with Gasteiger partial charge < -0.3 is 19.5 Å². The zero-order valence-corrected chi connectivity index (χ0v) is 31.4. The van der Waals surface area contributed by atoms with Gasteiger partial charge in [-0.15, -0.1) is 0 Å². The molecular formula is C40H45BBrNO7. The predicted molar refractivity (Wildman–Crippen MR) is 202 cm³/mol. The van der Waals surface area contributed by atoms with Gasteiger partial charge >= 0.3 is 19.2 Å². The van der Waals surface area contributed by atoms with Crippen LogP contribution in [0.15, 0.2) is 77.3 Å². The summed E-state index contributed by atoms with van der Waals surface area (Å²) in [6.45, 7) is 12.1. The van der Waals surface area contributed by atoms with Crippen molar-refractivity contribution in [3.05, 3.63) is 116 Å². The minimum Gasteiger partial charge on any atom is -0.465 e. The summed E-state index contributed by atoms with van der Waals surface area (Å²) in [4.78, 5) is 36.1. The predicted octanol–water partition coefficient (Wildman–Crippen LogP) is 7.56. The minimum atomic E-state index is -1.47. The van der Waals surface area contributed by atoms with E-state index in [2.05, 4.69) is 41.9 Å². The number of halogens is 1. The van der Waals surface area contributed by atoms with E-state index in [1.165, 1.54) is 78.8 Å². The van der Waals surface area contributed by atoms with Crippen LogP contribution in [0, 0.1) is 13.8 Å². The van der Waals surface area contributed by atoms with Crippen molar-refractivity contribution in [2.45, 2.75) is 72.8 Å². The van der Waals surface area contributed by atoms with Gasteiger partial charge in [0.2, 0.25) is 0 Å². The molecule has 8 nitrogen and oxygen atoms in total. The lowest BCUT2D eigenvalue weighted by Gasteiger charge is -2.25. The number of benzene rings is 4. The first-order valence-corrected chi connectivity index (χ1v) is 17.5. The average Bonchev–Trinajstić information content (AvgIpc) is 3.75. The van der Waals surface area contributed by atoms with E-state index in [0.717, 1.165) is 22.1 Å². The molecule has 4 aromatic rings. The van der Waals surface area contributed by atoms with Crippen molar-refractivity contribution < 1.29 is 33.9 Å². The number of hydrogen-bond donors (Lipinski definition) is 2. The second-order valence-electron chi connectivity index (χ2n) is 13.4. The summed E-state index contributed by atoms with van der Waals surface area (Å²) in [5.74, 6) is -0.323. The maximum absolute atomic E-state index is 12.1. The van der Waals surface area contributed by atoms with E-state index >= 15 is 0 Å². The lowest BCUT2D eigenvalue weighted by atomic mass is 9.80. The van der Waals surface area contributed by atoms with Crippen molar-refractivity contribution in [1.29, 1.82) is 0 Å². The number of Topliss-reactive ketones (excluding diaryl/α,β-unsaturated/α-hetero) is 1. The number of anilines is 1. The van der Waals surface area contributed by atoms with Crippen LogP contribution in [0.1, 0.15) is 82.6 Å². The molecule has 50 heavy (non-hydrogen) atoms. The number of esters is 1. The first kappa shape index (κ1) is 38.6. The van der Waals surface area contributed by atoms with Gasteiger partial charge in [-0.2, -0.15) is 0 Å². The summed E-state index contributed by atoms with van der Waals surface area (Å²) in [5.41, 5.74) is 11.3. The fourth-order valence-electron chi connectivity index (χ4n) is 6.09. The van der Waals surface area contributed by atoms with Gasteiger partial charge in [0.1, 0.15) is 5.60 Å². The van der Waals surface area contributed by atoms with Gasteiger partial charge in [-0.3, -0.25) is 9.69 Å². The van der Waals surface area contributed by atoms with Gasteiger partial charge in [-0.25, -0.2) is 9.59 Å². The van der Waals surface area contributed by atoms with Gasteiger partial charge in [-0.05, 0) is 136 Å². The zero-order chi connectivity index (χ0) is 36.7. The summed E-state index contributed by atoms with van der Waals surface area (Å²) in [6.07, 6.45) is 4.29. The number of fused-ring (bicyclic) bond motifs is 2. The second kappa shape index (κ2) is 16.6. The van der Waals surface area contributed by atoms with Crippen molar-refractivity contribution in [3.8, 4) is 11.1 Å². The number of methoxy groups -OCH3 is 1. The van der Waals surface area contributed by atoms with Crippen molar-refractivity contribution in [2.24, 2.45) is 0 Å². The maximum atomic E-state index is 12.1. The van der Waals surface area contributed by atoms with Gasteiger partial charge in [0.05, 0.1) is 18.4 Å². The van der Waals surface area contributed by atoms with E-state index in [-0.39, 0.29) is 17.8 Å². The smallest absolute Gasteiger partial charge is 0.465 e. The number of carbonyl (C=O) groups is 3. The normalized spacial score (nSPS) is 12.8. The fourth-order valence-corrected chi connectivity index (χ4v) is 6.46. The fraction of sp³-hybridized carbons (Fsp3) is 0.325. The molecule has 0 saturated heterocycles. The SMILES string of the molecule is CC(=O)c1ccc(B(O)O)cc1.COC(=O)c1ccc(-c2ccc3c(c2C)CCC3)cc1.Cc1c(Br)ccc2c1CCN2C(=O)OC(C)(C)C. The second-order valence-corrected chi connectivity index (χ2v) is 14.3. The standard InChI is InChI=1S/C18H18O2.C14H18BrNO2.C8H9BO3/c1-12-16-5-3-4-13(16)10-11-17(12)14-6-8-15(9-7-14)18(19)20-2;1-9-10-7-8-16(12(10)6-5-11(9)15)13(17)18-14(2,3)4;1-6(10)7-2-4-8(5-3-7)9(11)12/h6-11H,3-5H2,1-2H3;5-6H,7-8H2,1-4H3;2-5,11-12H,1H3. The van der Waals surface area contributed by atoms with Gasteiger partial charge in [0.15, 0.2) is 5.78 Å². The van der Waals surface area contributed by atoms with E-state index in [4.69, 9.17) is 19.5 Å². The molecule has 0 unspecified atom stereocenters. The minimum absolute atomic E-state index is 0.0334. The highest BCUT2D eigenvalue weighted by Crippen LogP contribution is 2.35. The van der Waals surface area contributed by atoms with Crippen molar-refractivity contribution in [2.75, 3.05) is 18.6 Å². The van der Waals surface area contributed by atoms with Crippen LogP contribution in [0.5, 0.6) is 0 Å².